The predicted octanol–water partition coefficient (Wildman–Crippen LogP) is 6.31. The van der Waals surface area contributed by atoms with Crippen molar-refractivity contribution >= 4 is 27.7 Å². The third-order valence-electron chi connectivity index (χ3n) is 6.48. The van der Waals surface area contributed by atoms with Crippen molar-refractivity contribution in [3.8, 4) is 5.75 Å². The Labute approximate surface area is 229 Å². The molecule has 6 heteroatoms. The second-order valence-corrected chi connectivity index (χ2v) is 10.5. The maximum absolute atomic E-state index is 13.7. The van der Waals surface area contributed by atoms with Gasteiger partial charge in [-0.2, -0.15) is 0 Å². The van der Waals surface area contributed by atoms with Gasteiger partial charge in [-0.05, 0) is 68.5 Å². The fraction of sp³-hybridized carbons (Fsp3) is 0.355. The van der Waals surface area contributed by atoms with E-state index in [9.17, 15) is 9.59 Å². The minimum atomic E-state index is -0.679. The van der Waals surface area contributed by atoms with Gasteiger partial charge in [-0.15, -0.1) is 0 Å². The molecule has 0 spiro atoms. The lowest BCUT2D eigenvalue weighted by molar-refractivity contribution is -0.143. The summed E-state index contributed by atoms with van der Waals surface area (Å²) in [5.74, 6) is 0.236. The Morgan fingerprint density at radius 3 is 2.22 bits per heavy atom. The van der Waals surface area contributed by atoms with Crippen LogP contribution in [0.3, 0.4) is 0 Å². The fourth-order valence-corrected chi connectivity index (χ4v) is 4.45. The van der Waals surface area contributed by atoms with Gasteiger partial charge in [0.05, 0.1) is 0 Å². The quantitative estimate of drug-likeness (QED) is 0.297. The number of carbonyl (C=O) groups excluding carboxylic acids is 2. The molecule has 37 heavy (non-hydrogen) atoms. The predicted molar refractivity (Wildman–Crippen MR) is 153 cm³/mol. The van der Waals surface area contributed by atoms with Crippen LogP contribution in [0.1, 0.15) is 48.1 Å². The number of amides is 2. The molecule has 1 N–H and O–H groups in total. The normalized spacial score (nSPS) is 12.5. The summed E-state index contributed by atoms with van der Waals surface area (Å²) in [7, 11) is 0. The molecule has 0 aromatic heterocycles. The number of nitrogens with zero attached hydrogens (tertiary/aromatic N) is 1. The molecular formula is C31H37BrN2O3. The topological polar surface area (TPSA) is 58.6 Å². The Bertz CT molecular complexity index is 1190. The van der Waals surface area contributed by atoms with Gasteiger partial charge in [0, 0.05) is 23.5 Å². The fourth-order valence-electron chi connectivity index (χ4n) is 4.22. The number of nitrogens with one attached hydrogen (secondary N) is 1. The summed E-state index contributed by atoms with van der Waals surface area (Å²) in [6.45, 7) is 10.2. The van der Waals surface area contributed by atoms with E-state index in [0.29, 0.717) is 18.7 Å². The van der Waals surface area contributed by atoms with Crippen LogP contribution in [-0.2, 0) is 22.6 Å². The second-order valence-electron chi connectivity index (χ2n) is 9.69. The Kier molecular flexibility index (Phi) is 10.3. The van der Waals surface area contributed by atoms with Crippen molar-refractivity contribution in [3.05, 3.63) is 99.0 Å². The molecule has 0 radical (unpaired) electrons. The highest BCUT2D eigenvalue weighted by Gasteiger charge is 2.31. The monoisotopic (exact) mass is 564 g/mol. The van der Waals surface area contributed by atoms with Gasteiger partial charge < -0.3 is 15.0 Å². The molecular weight excluding hydrogens is 528 g/mol. The number of benzene rings is 3. The van der Waals surface area contributed by atoms with Gasteiger partial charge in [-0.3, -0.25) is 9.59 Å². The van der Waals surface area contributed by atoms with E-state index in [0.717, 1.165) is 38.7 Å². The van der Waals surface area contributed by atoms with E-state index in [2.05, 4.69) is 27.3 Å². The molecule has 0 saturated carbocycles. The molecule has 0 fully saturated rings. The highest BCUT2D eigenvalue weighted by atomic mass is 79.9. The molecule has 3 aromatic rings. The zero-order chi connectivity index (χ0) is 26.9. The van der Waals surface area contributed by atoms with E-state index in [4.69, 9.17) is 4.74 Å². The van der Waals surface area contributed by atoms with Crippen LogP contribution >= 0.6 is 15.9 Å². The minimum absolute atomic E-state index is 0.00617. The zero-order valence-electron chi connectivity index (χ0n) is 22.4. The van der Waals surface area contributed by atoms with Crippen LogP contribution in [0.5, 0.6) is 5.75 Å². The van der Waals surface area contributed by atoms with Crippen LogP contribution in [0, 0.1) is 20.8 Å². The van der Waals surface area contributed by atoms with E-state index in [1.54, 1.807) is 4.90 Å². The lowest BCUT2D eigenvalue weighted by atomic mass is 10.0. The van der Waals surface area contributed by atoms with Gasteiger partial charge in [-0.1, -0.05) is 83.0 Å². The maximum Gasteiger partial charge on any atom is 0.261 e. The average Bonchev–Trinajstić information content (AvgIpc) is 2.88. The SMILES string of the molecule is CC[C@@H](C)NC(=O)[C@H](Cc1ccccc1)N(Cc1cccc(C)c1)C(=O)COc1cc(C)c(Br)c(C)c1. The van der Waals surface area contributed by atoms with Gasteiger partial charge in [0.15, 0.2) is 6.61 Å². The summed E-state index contributed by atoms with van der Waals surface area (Å²) in [5.41, 5.74) is 5.14. The van der Waals surface area contributed by atoms with Gasteiger partial charge >= 0.3 is 0 Å². The average molecular weight is 566 g/mol. The smallest absolute Gasteiger partial charge is 0.261 e. The van der Waals surface area contributed by atoms with E-state index in [1.165, 1.54) is 0 Å². The first kappa shape index (κ1) is 28.5. The molecule has 2 amide bonds. The summed E-state index contributed by atoms with van der Waals surface area (Å²) in [6, 6.07) is 21.0. The molecule has 2 atom stereocenters. The van der Waals surface area contributed by atoms with Crippen LogP contribution in [0.2, 0.25) is 0 Å². The number of carbonyl (C=O) groups is 2. The molecule has 0 heterocycles. The Hall–Kier alpha value is -3.12. The molecule has 0 saturated heterocycles. The summed E-state index contributed by atoms with van der Waals surface area (Å²) in [6.07, 6.45) is 1.22. The molecule has 0 aliphatic carbocycles. The molecule has 0 bridgehead atoms. The largest absolute Gasteiger partial charge is 0.484 e. The van der Waals surface area contributed by atoms with E-state index in [1.807, 2.05) is 95.3 Å². The number of rotatable bonds is 11. The number of hydrogen-bond donors (Lipinski definition) is 1. The number of halogens is 1. The molecule has 0 unspecified atom stereocenters. The van der Waals surface area contributed by atoms with Gasteiger partial charge in [0.25, 0.3) is 5.91 Å². The van der Waals surface area contributed by atoms with Crippen molar-refractivity contribution < 1.29 is 14.3 Å². The van der Waals surface area contributed by atoms with E-state index < -0.39 is 6.04 Å². The van der Waals surface area contributed by atoms with Gasteiger partial charge in [-0.25, -0.2) is 0 Å². The molecule has 5 nitrogen and oxygen atoms in total. The van der Waals surface area contributed by atoms with Crippen molar-refractivity contribution in [2.45, 2.75) is 66.1 Å². The van der Waals surface area contributed by atoms with Crippen molar-refractivity contribution in [1.29, 1.82) is 0 Å². The minimum Gasteiger partial charge on any atom is -0.484 e. The summed E-state index contributed by atoms with van der Waals surface area (Å²) < 4.78 is 6.99. The standard InChI is InChI=1S/C31H37BrN2O3/c1-6-24(5)33-31(36)28(18-25-12-8-7-9-13-25)34(19-26-14-10-11-21(2)15-26)29(35)20-37-27-16-22(3)30(32)23(4)17-27/h7-17,24,28H,6,18-20H2,1-5H3,(H,33,36)/t24-,28+/m1/s1. The second kappa shape index (κ2) is 13.4. The summed E-state index contributed by atoms with van der Waals surface area (Å²) >= 11 is 3.58. The van der Waals surface area contributed by atoms with Crippen molar-refractivity contribution in [2.75, 3.05) is 6.61 Å². The number of ether oxygens (including phenoxy) is 1. The molecule has 0 aliphatic rings. The first-order valence-electron chi connectivity index (χ1n) is 12.8. The van der Waals surface area contributed by atoms with Gasteiger partial charge in [0.2, 0.25) is 5.91 Å². The summed E-state index contributed by atoms with van der Waals surface area (Å²) in [4.78, 5) is 29.0. The molecule has 3 aromatic carbocycles. The highest BCUT2D eigenvalue weighted by Crippen LogP contribution is 2.26. The van der Waals surface area contributed by atoms with Crippen LogP contribution in [0.4, 0.5) is 0 Å². The van der Waals surface area contributed by atoms with Crippen LogP contribution in [0.15, 0.2) is 71.2 Å². The van der Waals surface area contributed by atoms with Crippen molar-refractivity contribution in [1.82, 2.24) is 10.2 Å². The van der Waals surface area contributed by atoms with Crippen LogP contribution < -0.4 is 10.1 Å². The Morgan fingerprint density at radius 1 is 0.946 bits per heavy atom. The van der Waals surface area contributed by atoms with Gasteiger partial charge in [0.1, 0.15) is 11.8 Å². The first-order valence-corrected chi connectivity index (χ1v) is 13.6. The first-order chi connectivity index (χ1) is 17.7. The van der Waals surface area contributed by atoms with E-state index in [-0.39, 0.29) is 24.5 Å². The third kappa shape index (κ3) is 8.19. The lowest BCUT2D eigenvalue weighted by Crippen LogP contribution is -2.53. The lowest BCUT2D eigenvalue weighted by Gasteiger charge is -2.32. The van der Waals surface area contributed by atoms with Crippen LogP contribution in [-0.4, -0.2) is 35.4 Å². The molecule has 0 aliphatic heterocycles. The Balaban J connectivity index is 1.93. The molecule has 3 rings (SSSR count). The third-order valence-corrected chi connectivity index (χ3v) is 7.73. The van der Waals surface area contributed by atoms with Crippen LogP contribution in [0.25, 0.3) is 0 Å². The Morgan fingerprint density at radius 2 is 1.59 bits per heavy atom. The molecule has 196 valence electrons. The highest BCUT2D eigenvalue weighted by molar-refractivity contribution is 9.10. The van der Waals surface area contributed by atoms with Crippen molar-refractivity contribution in [2.24, 2.45) is 0 Å². The summed E-state index contributed by atoms with van der Waals surface area (Å²) in [5, 5.41) is 3.10. The number of aryl methyl sites for hydroxylation is 3. The maximum atomic E-state index is 13.7. The van der Waals surface area contributed by atoms with Crippen molar-refractivity contribution in [3.63, 3.8) is 0 Å². The zero-order valence-corrected chi connectivity index (χ0v) is 24.0. The number of hydrogen-bond acceptors (Lipinski definition) is 3. The van der Waals surface area contributed by atoms with E-state index >= 15 is 0 Å².